The van der Waals surface area contributed by atoms with E-state index in [0.29, 0.717) is 0 Å². The standard InChI is InChI=1S/C14H16N4OS/c1-4-18-13(11-5-7-12(19-3)8-6-11)16-17-14(18)20-10(2)9-15/h5-8,10H,4H2,1-3H3/t10-/m0/s1. The maximum atomic E-state index is 8.90. The van der Waals surface area contributed by atoms with Crippen molar-refractivity contribution in [3.8, 4) is 23.2 Å². The minimum Gasteiger partial charge on any atom is -0.497 e. The quantitative estimate of drug-likeness (QED) is 0.791. The van der Waals surface area contributed by atoms with Gasteiger partial charge in [0.25, 0.3) is 0 Å². The molecule has 2 aromatic rings. The Morgan fingerprint density at radius 1 is 1.35 bits per heavy atom. The lowest BCUT2D eigenvalue weighted by Crippen LogP contribution is -2.02. The second-order valence-electron chi connectivity index (χ2n) is 4.17. The molecule has 0 aliphatic carbocycles. The Labute approximate surface area is 122 Å². The number of hydrogen-bond acceptors (Lipinski definition) is 5. The van der Waals surface area contributed by atoms with Crippen LogP contribution in [0.2, 0.25) is 0 Å². The van der Waals surface area contributed by atoms with Gasteiger partial charge in [0, 0.05) is 12.1 Å². The highest BCUT2D eigenvalue weighted by atomic mass is 32.2. The van der Waals surface area contributed by atoms with Gasteiger partial charge in [-0.1, -0.05) is 11.8 Å². The van der Waals surface area contributed by atoms with Crippen molar-refractivity contribution in [2.24, 2.45) is 0 Å². The van der Waals surface area contributed by atoms with Crippen LogP contribution in [0.15, 0.2) is 29.4 Å². The number of thioether (sulfide) groups is 1. The van der Waals surface area contributed by atoms with Crippen LogP contribution in [0, 0.1) is 11.3 Å². The van der Waals surface area contributed by atoms with Gasteiger partial charge in [-0.2, -0.15) is 5.26 Å². The molecule has 0 bridgehead atoms. The monoisotopic (exact) mass is 288 g/mol. The van der Waals surface area contributed by atoms with Gasteiger partial charge in [-0.05, 0) is 38.1 Å². The molecular formula is C14H16N4OS. The lowest BCUT2D eigenvalue weighted by atomic mass is 10.2. The van der Waals surface area contributed by atoms with E-state index in [4.69, 9.17) is 10.00 Å². The highest BCUT2D eigenvalue weighted by Gasteiger charge is 2.15. The molecule has 0 fully saturated rings. The van der Waals surface area contributed by atoms with E-state index >= 15 is 0 Å². The Bertz CT molecular complexity index is 615. The fraction of sp³-hybridized carbons (Fsp3) is 0.357. The third-order valence-electron chi connectivity index (χ3n) is 2.85. The number of methoxy groups -OCH3 is 1. The highest BCUT2D eigenvalue weighted by Crippen LogP contribution is 2.27. The van der Waals surface area contributed by atoms with Crippen LogP contribution in [0.1, 0.15) is 13.8 Å². The summed E-state index contributed by atoms with van der Waals surface area (Å²) in [5.74, 6) is 1.62. The van der Waals surface area contributed by atoms with Gasteiger partial charge in [0.2, 0.25) is 0 Å². The molecule has 0 aliphatic rings. The Balaban J connectivity index is 2.34. The van der Waals surface area contributed by atoms with E-state index in [1.807, 2.05) is 42.7 Å². The predicted molar refractivity (Wildman–Crippen MR) is 78.6 cm³/mol. The molecule has 1 heterocycles. The number of benzene rings is 1. The van der Waals surface area contributed by atoms with Gasteiger partial charge in [0.15, 0.2) is 11.0 Å². The largest absolute Gasteiger partial charge is 0.497 e. The van der Waals surface area contributed by atoms with Gasteiger partial charge in [-0.25, -0.2) is 0 Å². The van der Waals surface area contributed by atoms with E-state index in [-0.39, 0.29) is 5.25 Å². The third kappa shape index (κ3) is 2.94. The molecule has 6 heteroatoms. The maximum Gasteiger partial charge on any atom is 0.192 e. The van der Waals surface area contributed by atoms with E-state index in [2.05, 4.69) is 16.3 Å². The Morgan fingerprint density at radius 3 is 2.60 bits per heavy atom. The van der Waals surface area contributed by atoms with Crippen LogP contribution in [0.5, 0.6) is 5.75 Å². The van der Waals surface area contributed by atoms with Crippen molar-refractivity contribution in [1.29, 1.82) is 5.26 Å². The number of nitrogens with zero attached hydrogens (tertiary/aromatic N) is 4. The van der Waals surface area contributed by atoms with Crippen molar-refractivity contribution in [2.45, 2.75) is 30.8 Å². The average Bonchev–Trinajstić information content (AvgIpc) is 2.89. The van der Waals surface area contributed by atoms with Crippen LogP contribution in [0.25, 0.3) is 11.4 Å². The first kappa shape index (κ1) is 14.4. The second kappa shape index (κ2) is 6.44. The van der Waals surface area contributed by atoms with E-state index in [0.717, 1.165) is 28.8 Å². The van der Waals surface area contributed by atoms with Crippen LogP contribution in [-0.2, 0) is 6.54 Å². The first-order valence-corrected chi connectivity index (χ1v) is 7.21. The maximum absolute atomic E-state index is 8.90. The molecule has 1 atom stereocenters. The van der Waals surface area contributed by atoms with Crippen LogP contribution >= 0.6 is 11.8 Å². The molecule has 0 unspecified atom stereocenters. The second-order valence-corrected chi connectivity index (χ2v) is 5.48. The van der Waals surface area contributed by atoms with Gasteiger partial charge >= 0.3 is 0 Å². The summed E-state index contributed by atoms with van der Waals surface area (Å²) in [4.78, 5) is 0. The zero-order chi connectivity index (χ0) is 14.5. The van der Waals surface area contributed by atoms with Gasteiger partial charge in [0.1, 0.15) is 5.75 Å². The minimum atomic E-state index is -0.145. The van der Waals surface area contributed by atoms with E-state index in [9.17, 15) is 0 Å². The van der Waals surface area contributed by atoms with Gasteiger partial charge in [0.05, 0.1) is 18.4 Å². The third-order valence-corrected chi connectivity index (χ3v) is 3.82. The van der Waals surface area contributed by atoms with Crippen LogP contribution in [-0.4, -0.2) is 27.1 Å². The average molecular weight is 288 g/mol. The molecule has 0 spiro atoms. The molecule has 20 heavy (non-hydrogen) atoms. The number of ether oxygens (including phenoxy) is 1. The zero-order valence-corrected chi connectivity index (χ0v) is 12.5. The Morgan fingerprint density at radius 2 is 2.05 bits per heavy atom. The van der Waals surface area contributed by atoms with Crippen molar-refractivity contribution in [3.05, 3.63) is 24.3 Å². The van der Waals surface area contributed by atoms with Gasteiger partial charge in [-0.15, -0.1) is 10.2 Å². The molecule has 0 aliphatic heterocycles. The zero-order valence-electron chi connectivity index (χ0n) is 11.7. The summed E-state index contributed by atoms with van der Waals surface area (Å²) in [5.41, 5.74) is 0.983. The molecule has 1 aromatic carbocycles. The number of aromatic nitrogens is 3. The molecule has 0 amide bonds. The number of hydrogen-bond donors (Lipinski definition) is 0. The highest BCUT2D eigenvalue weighted by molar-refractivity contribution is 8.00. The fourth-order valence-electron chi connectivity index (χ4n) is 1.80. The lowest BCUT2D eigenvalue weighted by molar-refractivity contribution is 0.415. The van der Waals surface area contributed by atoms with Crippen LogP contribution in [0.4, 0.5) is 0 Å². The van der Waals surface area contributed by atoms with Crippen LogP contribution < -0.4 is 4.74 Å². The summed E-state index contributed by atoms with van der Waals surface area (Å²) in [6, 6.07) is 9.90. The van der Waals surface area contributed by atoms with Crippen molar-refractivity contribution in [2.75, 3.05) is 7.11 Å². The SMILES string of the molecule is CCn1c(S[C@@H](C)C#N)nnc1-c1ccc(OC)cc1. The van der Waals surface area contributed by atoms with Crippen molar-refractivity contribution in [1.82, 2.24) is 14.8 Å². The van der Waals surface area contributed by atoms with Crippen molar-refractivity contribution >= 4 is 11.8 Å². The normalized spacial score (nSPS) is 11.9. The first-order valence-electron chi connectivity index (χ1n) is 6.33. The summed E-state index contributed by atoms with van der Waals surface area (Å²) in [5, 5.41) is 18.0. The summed E-state index contributed by atoms with van der Waals surface area (Å²) >= 11 is 1.42. The van der Waals surface area contributed by atoms with Crippen molar-refractivity contribution in [3.63, 3.8) is 0 Å². The topological polar surface area (TPSA) is 63.7 Å². The summed E-state index contributed by atoms with van der Waals surface area (Å²) in [7, 11) is 1.64. The van der Waals surface area contributed by atoms with E-state index in [1.54, 1.807) is 7.11 Å². The molecule has 0 N–H and O–H groups in total. The first-order chi connectivity index (χ1) is 9.69. The molecule has 0 saturated heterocycles. The minimum absolute atomic E-state index is 0.145. The summed E-state index contributed by atoms with van der Waals surface area (Å²) in [6.45, 7) is 4.65. The van der Waals surface area contributed by atoms with Gasteiger partial charge < -0.3 is 9.30 Å². The van der Waals surface area contributed by atoms with E-state index < -0.39 is 0 Å². The number of rotatable bonds is 5. The van der Waals surface area contributed by atoms with Crippen molar-refractivity contribution < 1.29 is 4.74 Å². The lowest BCUT2D eigenvalue weighted by Gasteiger charge is -2.08. The van der Waals surface area contributed by atoms with E-state index in [1.165, 1.54) is 11.8 Å². The molecule has 0 saturated carbocycles. The molecular weight excluding hydrogens is 272 g/mol. The molecule has 1 aromatic heterocycles. The Kier molecular flexibility index (Phi) is 4.64. The van der Waals surface area contributed by atoms with Gasteiger partial charge in [-0.3, -0.25) is 0 Å². The molecule has 2 rings (SSSR count). The van der Waals surface area contributed by atoms with Crippen LogP contribution in [0.3, 0.4) is 0 Å². The smallest absolute Gasteiger partial charge is 0.192 e. The fourth-order valence-corrected chi connectivity index (χ4v) is 2.60. The summed E-state index contributed by atoms with van der Waals surface area (Å²) in [6.07, 6.45) is 0. The molecule has 104 valence electrons. The predicted octanol–water partition coefficient (Wildman–Crippen LogP) is 2.98. The summed E-state index contributed by atoms with van der Waals surface area (Å²) < 4.78 is 7.17. The number of nitriles is 1. The molecule has 0 radical (unpaired) electrons. The molecule has 5 nitrogen and oxygen atoms in total. The Hall–Kier alpha value is -2.00.